The zero-order valence-corrected chi connectivity index (χ0v) is 31.4. The maximum atomic E-state index is 13.4. The summed E-state index contributed by atoms with van der Waals surface area (Å²) in [6.45, 7) is 19.0. The summed E-state index contributed by atoms with van der Waals surface area (Å²) < 4.78 is 81.2. The van der Waals surface area contributed by atoms with E-state index in [1.165, 1.54) is 0 Å². The second-order valence-electron chi connectivity index (χ2n) is 10.5. The van der Waals surface area contributed by atoms with Gasteiger partial charge in [0.15, 0.2) is 18.9 Å². The third-order valence-corrected chi connectivity index (χ3v) is 7.62. The largest absolute Gasteiger partial charge is 0.474 e. The van der Waals surface area contributed by atoms with Gasteiger partial charge in [0.25, 0.3) is 0 Å². The van der Waals surface area contributed by atoms with Crippen LogP contribution in [0.5, 0.6) is 0 Å². The van der Waals surface area contributed by atoms with Crippen LogP contribution >= 0.6 is 7.82 Å². The lowest BCUT2D eigenvalue weighted by Crippen LogP contribution is -2.20. The average molecular weight is 705 g/mol. The maximum Gasteiger partial charge on any atom is 0.474 e. The molecule has 0 spiro atoms. The van der Waals surface area contributed by atoms with E-state index in [2.05, 4.69) is 20.8 Å². The lowest BCUT2D eigenvalue weighted by Gasteiger charge is -2.19. The summed E-state index contributed by atoms with van der Waals surface area (Å²) in [6.07, 6.45) is 5.47. The first-order valence-electron chi connectivity index (χ1n) is 17.9. The van der Waals surface area contributed by atoms with E-state index in [-0.39, 0.29) is 38.7 Å². The van der Waals surface area contributed by atoms with Gasteiger partial charge in [-0.3, -0.25) is 13.6 Å². The molecule has 0 fully saturated rings. The second-order valence-corrected chi connectivity index (χ2v) is 12.1. The number of rotatable bonds is 39. The fraction of sp³-hybridized carbons (Fsp3) is 1.00. The first-order valence-corrected chi connectivity index (χ1v) is 19.4. The van der Waals surface area contributed by atoms with Crippen molar-refractivity contribution in [3.05, 3.63) is 0 Å². The predicted octanol–water partition coefficient (Wildman–Crippen LogP) is 6.90. The van der Waals surface area contributed by atoms with Gasteiger partial charge in [0.1, 0.15) is 0 Å². The number of hydrogen-bond acceptors (Lipinski definition) is 13. The van der Waals surface area contributed by atoms with Crippen LogP contribution in [0.4, 0.5) is 0 Å². The van der Waals surface area contributed by atoms with Crippen LogP contribution in [0, 0.1) is 0 Å². The van der Waals surface area contributed by atoms with Crippen LogP contribution in [0.1, 0.15) is 99.3 Å². The molecule has 3 unspecified atom stereocenters. The van der Waals surface area contributed by atoms with Gasteiger partial charge in [-0.15, -0.1) is 0 Å². The molecule has 0 N–H and O–H groups in total. The van der Waals surface area contributed by atoms with Gasteiger partial charge < -0.3 is 42.6 Å². The number of hydrogen-bond donors (Lipinski definition) is 0. The van der Waals surface area contributed by atoms with Crippen LogP contribution in [0.3, 0.4) is 0 Å². The molecule has 284 valence electrons. The maximum absolute atomic E-state index is 13.4. The van der Waals surface area contributed by atoms with Crippen molar-refractivity contribution in [2.24, 2.45) is 0 Å². The molecule has 0 aromatic rings. The van der Waals surface area contributed by atoms with Gasteiger partial charge in [-0.2, -0.15) is 0 Å². The Kier molecular flexibility index (Phi) is 35.4. The molecular weight excluding hydrogens is 635 g/mol. The van der Waals surface area contributed by atoms with Crippen LogP contribution in [-0.2, 0) is 60.8 Å². The van der Waals surface area contributed by atoms with E-state index < -0.39 is 7.82 Å². The molecule has 0 aliphatic carbocycles. The Morgan fingerprint density at radius 2 is 0.681 bits per heavy atom. The second kappa shape index (κ2) is 35.6. The highest BCUT2D eigenvalue weighted by atomic mass is 31.2. The smallest absolute Gasteiger partial charge is 0.381 e. The Balaban J connectivity index is 4.53. The Hall–Kier alpha value is -0.250. The summed E-state index contributed by atoms with van der Waals surface area (Å²) in [6, 6.07) is 0. The molecule has 0 aliphatic heterocycles. The predicted molar refractivity (Wildman–Crippen MR) is 181 cm³/mol. The molecule has 0 saturated heterocycles. The van der Waals surface area contributed by atoms with Crippen LogP contribution in [0.25, 0.3) is 0 Å². The van der Waals surface area contributed by atoms with Gasteiger partial charge in [0.2, 0.25) is 0 Å². The fourth-order valence-electron chi connectivity index (χ4n) is 3.92. The molecule has 0 aliphatic rings. The fourth-order valence-corrected chi connectivity index (χ4v) is 5.20. The lowest BCUT2D eigenvalue weighted by molar-refractivity contribution is -0.150. The highest BCUT2D eigenvalue weighted by Crippen LogP contribution is 2.49. The molecule has 0 aromatic heterocycles. The van der Waals surface area contributed by atoms with Crippen molar-refractivity contribution in [1.82, 2.24) is 0 Å². The van der Waals surface area contributed by atoms with Crippen molar-refractivity contribution in [1.29, 1.82) is 0 Å². The minimum atomic E-state index is -3.78. The van der Waals surface area contributed by atoms with Gasteiger partial charge in [0.05, 0.1) is 39.6 Å². The van der Waals surface area contributed by atoms with E-state index in [0.717, 1.165) is 19.3 Å². The topological polar surface area (TPSA) is 128 Å². The third-order valence-electron chi connectivity index (χ3n) is 6.12. The molecule has 0 heterocycles. The van der Waals surface area contributed by atoms with Crippen molar-refractivity contribution in [2.45, 2.75) is 118 Å². The SMILES string of the molecule is CCCOC(CCOCCCOP(=O)(OCCCOCCC(OCC)OCCC)OCCCOCCC(OCC)OCCC)OCC. The minimum Gasteiger partial charge on any atom is -0.381 e. The van der Waals surface area contributed by atoms with Crippen molar-refractivity contribution >= 4 is 7.82 Å². The van der Waals surface area contributed by atoms with Gasteiger partial charge in [-0.1, -0.05) is 20.8 Å². The van der Waals surface area contributed by atoms with Crippen molar-refractivity contribution in [3.8, 4) is 0 Å². The van der Waals surface area contributed by atoms with Gasteiger partial charge >= 0.3 is 7.82 Å². The average Bonchev–Trinajstić information content (AvgIpc) is 3.07. The van der Waals surface area contributed by atoms with Gasteiger partial charge in [-0.25, -0.2) is 4.57 Å². The van der Waals surface area contributed by atoms with Crippen LogP contribution < -0.4 is 0 Å². The summed E-state index contributed by atoms with van der Waals surface area (Å²) in [5, 5.41) is 0. The first-order chi connectivity index (χ1) is 23.0. The molecule has 0 aromatic carbocycles. The number of phosphoric acid groups is 1. The van der Waals surface area contributed by atoms with Crippen molar-refractivity contribution < 1.29 is 60.8 Å². The zero-order valence-electron chi connectivity index (χ0n) is 30.5. The molecule has 14 heteroatoms. The Morgan fingerprint density at radius 1 is 0.383 bits per heavy atom. The monoisotopic (exact) mass is 704 g/mol. The standard InChI is InChI=1S/C33H69O13P/c1-7-19-41-31(38-10-4)16-28-35-22-13-25-44-47(34,45-26-14-23-36-29-17-32(39-11-5)42-20-8-2)46-27-15-24-37-30-18-33(40-12-6)43-21-9-3/h31-33H,7-30H2,1-6H3. The summed E-state index contributed by atoms with van der Waals surface area (Å²) in [5.41, 5.74) is 0. The summed E-state index contributed by atoms with van der Waals surface area (Å²) >= 11 is 0. The highest BCUT2D eigenvalue weighted by molar-refractivity contribution is 7.48. The summed E-state index contributed by atoms with van der Waals surface area (Å²) in [7, 11) is -3.78. The quantitative estimate of drug-likeness (QED) is 0.0374. The van der Waals surface area contributed by atoms with E-state index in [1.54, 1.807) is 0 Å². The van der Waals surface area contributed by atoms with Crippen molar-refractivity contribution in [2.75, 3.05) is 99.1 Å². The van der Waals surface area contributed by atoms with E-state index in [9.17, 15) is 4.57 Å². The molecule has 0 rings (SSSR count). The van der Waals surface area contributed by atoms with E-state index >= 15 is 0 Å². The van der Waals surface area contributed by atoms with E-state index in [0.29, 0.717) is 118 Å². The zero-order chi connectivity index (χ0) is 34.7. The van der Waals surface area contributed by atoms with Crippen LogP contribution in [-0.4, -0.2) is 118 Å². The van der Waals surface area contributed by atoms with Gasteiger partial charge in [0, 0.05) is 78.7 Å². The van der Waals surface area contributed by atoms with Crippen LogP contribution in [0.15, 0.2) is 0 Å². The summed E-state index contributed by atoms with van der Waals surface area (Å²) in [4.78, 5) is 0. The Morgan fingerprint density at radius 3 is 0.936 bits per heavy atom. The third kappa shape index (κ3) is 30.3. The molecular formula is C33H69O13P. The first kappa shape index (κ1) is 46.8. The lowest BCUT2D eigenvalue weighted by atomic mass is 10.4. The molecule has 0 bridgehead atoms. The summed E-state index contributed by atoms with van der Waals surface area (Å²) in [5.74, 6) is 0. The molecule has 3 atom stereocenters. The Bertz CT molecular complexity index is 591. The molecule has 0 radical (unpaired) electrons. The van der Waals surface area contributed by atoms with E-state index in [4.69, 9.17) is 56.2 Å². The molecule has 47 heavy (non-hydrogen) atoms. The van der Waals surface area contributed by atoms with Crippen molar-refractivity contribution in [3.63, 3.8) is 0 Å². The van der Waals surface area contributed by atoms with Gasteiger partial charge in [-0.05, 0) is 59.3 Å². The van der Waals surface area contributed by atoms with Crippen LogP contribution in [0.2, 0.25) is 0 Å². The molecule has 13 nitrogen and oxygen atoms in total. The number of ether oxygens (including phenoxy) is 9. The molecule has 0 amide bonds. The van der Waals surface area contributed by atoms with E-state index in [1.807, 2.05) is 20.8 Å². The normalized spacial score (nSPS) is 15.1. The highest BCUT2D eigenvalue weighted by Gasteiger charge is 2.26. The number of phosphoric ester groups is 1. The molecule has 0 saturated carbocycles. The Labute approximate surface area is 285 Å². The minimum absolute atomic E-state index is 0.165.